The van der Waals surface area contributed by atoms with Gasteiger partial charge in [0.25, 0.3) is 5.91 Å². The van der Waals surface area contributed by atoms with Gasteiger partial charge in [0.1, 0.15) is 11.4 Å². The van der Waals surface area contributed by atoms with E-state index in [2.05, 4.69) is 74.0 Å². The zero-order valence-electron chi connectivity index (χ0n) is 22.4. The van der Waals surface area contributed by atoms with Crippen LogP contribution >= 0.6 is 0 Å². The third kappa shape index (κ3) is 7.84. The molecule has 1 heterocycles. The van der Waals surface area contributed by atoms with Gasteiger partial charge in [-0.05, 0) is 53.4 Å². The molecule has 1 atom stereocenters. The zero-order valence-corrected chi connectivity index (χ0v) is 23.4. The number of rotatable bonds is 9. The molecule has 0 aliphatic rings. The second-order valence-corrected chi connectivity index (χ2v) is 15.4. The molecule has 0 fully saturated rings. The van der Waals surface area contributed by atoms with Gasteiger partial charge >= 0.3 is 5.97 Å². The molecular weight excluding hydrogens is 498 g/mol. The minimum absolute atomic E-state index is 0.0375. The van der Waals surface area contributed by atoms with E-state index in [0.29, 0.717) is 6.42 Å². The lowest BCUT2D eigenvalue weighted by Crippen LogP contribution is -2.47. The number of nitrogens with one attached hydrogen (secondary N) is 2. The van der Waals surface area contributed by atoms with Crippen molar-refractivity contribution in [3.63, 3.8) is 0 Å². The summed E-state index contributed by atoms with van der Waals surface area (Å²) >= 11 is 0. The van der Waals surface area contributed by atoms with Gasteiger partial charge in [-0.1, -0.05) is 81.4 Å². The highest BCUT2D eigenvalue weighted by atomic mass is 28.4. The van der Waals surface area contributed by atoms with Crippen molar-refractivity contribution in [3.05, 3.63) is 89.7 Å². The van der Waals surface area contributed by atoms with Crippen molar-refractivity contribution in [1.29, 1.82) is 0 Å². The van der Waals surface area contributed by atoms with E-state index in [1.165, 1.54) is 18.2 Å². The number of nitrogens with zero attached hydrogens (tertiary/aromatic N) is 1. The third-order valence-electron chi connectivity index (χ3n) is 6.72. The topological polar surface area (TPSA) is 118 Å². The molecule has 0 radical (unpaired) electrons. The Hall–Kier alpha value is -3.82. The normalized spacial score (nSPS) is 12.4. The van der Waals surface area contributed by atoms with Crippen LogP contribution in [0.2, 0.25) is 18.1 Å². The van der Waals surface area contributed by atoms with E-state index < -0.39 is 32.2 Å². The summed E-state index contributed by atoms with van der Waals surface area (Å²) in [6.07, 6.45) is 0.171. The molecule has 1 unspecified atom stereocenters. The molecule has 0 saturated carbocycles. The lowest BCUT2D eigenvalue weighted by molar-refractivity contribution is -0.123. The van der Waals surface area contributed by atoms with Crippen LogP contribution in [0.25, 0.3) is 11.1 Å². The van der Waals surface area contributed by atoms with Crippen LogP contribution in [-0.4, -0.2) is 42.3 Å². The van der Waals surface area contributed by atoms with Crippen LogP contribution in [0.1, 0.15) is 53.7 Å². The van der Waals surface area contributed by atoms with Gasteiger partial charge in [0.05, 0.1) is 12.5 Å². The molecular formula is C29H35N3O5Si. The summed E-state index contributed by atoms with van der Waals surface area (Å²) < 4.78 is 6.61. The molecule has 0 aliphatic heterocycles. The molecule has 200 valence electrons. The van der Waals surface area contributed by atoms with E-state index in [4.69, 9.17) is 9.53 Å². The molecule has 9 heteroatoms. The molecule has 38 heavy (non-hydrogen) atoms. The monoisotopic (exact) mass is 533 g/mol. The van der Waals surface area contributed by atoms with Crippen LogP contribution < -0.4 is 10.9 Å². The number of aromatic carboxylic acids is 1. The number of hydrazine groups is 1. The van der Waals surface area contributed by atoms with E-state index >= 15 is 0 Å². The standard InChI is InChI=1S/C29H35N3O5Si/c1-29(2,3)38(4,5)37-23(18-20-14-16-22(17-15-20)21-10-7-6-8-11-21)19-26(33)31-32-27(34)24-12-9-13-25(30-24)28(35)36/h6-17,23H,18-19H2,1-5H3,(H,31,33)(H,32,34)(H,35,36). The van der Waals surface area contributed by atoms with Gasteiger partial charge in [0, 0.05) is 0 Å². The predicted octanol–water partition coefficient (Wildman–Crippen LogP) is 5.23. The summed E-state index contributed by atoms with van der Waals surface area (Å²) in [4.78, 5) is 40.1. The first kappa shape index (κ1) is 28.7. The lowest BCUT2D eigenvalue weighted by atomic mass is 10.0. The molecule has 0 spiro atoms. The SMILES string of the molecule is CC(C)(C)[Si](C)(C)OC(CC(=O)NNC(=O)c1cccc(C(=O)O)n1)Cc1ccc(-c2ccccc2)cc1. The fourth-order valence-corrected chi connectivity index (χ4v) is 4.96. The van der Waals surface area contributed by atoms with Gasteiger partial charge in [0.2, 0.25) is 5.91 Å². The second kappa shape index (κ2) is 12.1. The van der Waals surface area contributed by atoms with E-state index in [1.807, 2.05) is 30.3 Å². The Balaban J connectivity index is 1.69. The Labute approximate surface area is 224 Å². The maximum atomic E-state index is 12.8. The molecule has 0 bridgehead atoms. The quantitative estimate of drug-likeness (QED) is 0.256. The van der Waals surface area contributed by atoms with E-state index in [9.17, 15) is 14.4 Å². The van der Waals surface area contributed by atoms with Crippen LogP contribution in [0.5, 0.6) is 0 Å². The molecule has 3 aromatic rings. The number of pyridine rings is 1. The van der Waals surface area contributed by atoms with Crippen molar-refractivity contribution in [2.24, 2.45) is 0 Å². The predicted molar refractivity (Wildman–Crippen MR) is 149 cm³/mol. The van der Waals surface area contributed by atoms with Crippen molar-refractivity contribution in [2.75, 3.05) is 0 Å². The third-order valence-corrected chi connectivity index (χ3v) is 11.3. The van der Waals surface area contributed by atoms with E-state index in [1.54, 1.807) is 0 Å². The highest BCUT2D eigenvalue weighted by Crippen LogP contribution is 2.38. The van der Waals surface area contributed by atoms with E-state index in [-0.39, 0.29) is 22.8 Å². The summed E-state index contributed by atoms with van der Waals surface area (Å²) in [6, 6.07) is 22.4. The van der Waals surface area contributed by atoms with Crippen molar-refractivity contribution in [1.82, 2.24) is 15.8 Å². The molecule has 2 aromatic carbocycles. The number of benzene rings is 2. The number of carbonyl (C=O) groups is 3. The molecule has 1 aromatic heterocycles. The van der Waals surface area contributed by atoms with Gasteiger partial charge in [-0.25, -0.2) is 9.78 Å². The van der Waals surface area contributed by atoms with Crippen molar-refractivity contribution in [2.45, 2.75) is 57.8 Å². The van der Waals surface area contributed by atoms with Crippen LogP contribution in [0.15, 0.2) is 72.8 Å². The van der Waals surface area contributed by atoms with Crippen LogP contribution in [0.3, 0.4) is 0 Å². The van der Waals surface area contributed by atoms with Crippen molar-refractivity contribution < 1.29 is 23.9 Å². The molecule has 8 nitrogen and oxygen atoms in total. The second-order valence-electron chi connectivity index (χ2n) is 10.7. The molecule has 3 rings (SSSR count). The largest absolute Gasteiger partial charge is 0.477 e. The fraction of sp³-hybridized carbons (Fsp3) is 0.310. The van der Waals surface area contributed by atoms with Gasteiger partial charge in [0.15, 0.2) is 8.32 Å². The minimum Gasteiger partial charge on any atom is -0.477 e. The maximum absolute atomic E-state index is 12.8. The number of aromatic nitrogens is 1. The van der Waals surface area contributed by atoms with Crippen LogP contribution in [0, 0.1) is 0 Å². The van der Waals surface area contributed by atoms with Gasteiger partial charge in [-0.3, -0.25) is 20.4 Å². The number of hydrogen-bond donors (Lipinski definition) is 3. The van der Waals surface area contributed by atoms with Crippen LogP contribution in [0.4, 0.5) is 0 Å². The summed E-state index contributed by atoms with van der Waals surface area (Å²) in [7, 11) is -2.20. The lowest BCUT2D eigenvalue weighted by Gasteiger charge is -2.39. The van der Waals surface area contributed by atoms with Gasteiger partial charge in [-0.15, -0.1) is 0 Å². The Morgan fingerprint density at radius 1 is 0.868 bits per heavy atom. The molecule has 0 aliphatic carbocycles. The Morgan fingerprint density at radius 3 is 2.08 bits per heavy atom. The average Bonchev–Trinajstić information content (AvgIpc) is 2.87. The highest BCUT2D eigenvalue weighted by molar-refractivity contribution is 6.74. The minimum atomic E-state index is -2.20. The zero-order chi connectivity index (χ0) is 27.9. The first-order valence-corrected chi connectivity index (χ1v) is 15.4. The van der Waals surface area contributed by atoms with Gasteiger partial charge in [-0.2, -0.15) is 0 Å². The molecule has 2 amide bonds. The van der Waals surface area contributed by atoms with Gasteiger partial charge < -0.3 is 9.53 Å². The number of hydrogen-bond acceptors (Lipinski definition) is 5. The Morgan fingerprint density at radius 2 is 1.47 bits per heavy atom. The average molecular weight is 534 g/mol. The Kier molecular flexibility index (Phi) is 9.19. The van der Waals surface area contributed by atoms with Crippen molar-refractivity contribution >= 4 is 26.1 Å². The summed E-state index contributed by atoms with van der Waals surface area (Å²) in [6.45, 7) is 10.7. The number of carbonyl (C=O) groups excluding carboxylic acids is 2. The summed E-state index contributed by atoms with van der Waals surface area (Å²) in [5.41, 5.74) is 7.63. The van der Waals surface area contributed by atoms with Crippen LogP contribution in [-0.2, 0) is 15.6 Å². The molecule has 0 saturated heterocycles. The maximum Gasteiger partial charge on any atom is 0.354 e. The Bertz CT molecular complexity index is 1270. The fourth-order valence-electron chi connectivity index (χ4n) is 3.60. The van der Waals surface area contributed by atoms with E-state index in [0.717, 1.165) is 16.7 Å². The van der Waals surface area contributed by atoms with Crippen molar-refractivity contribution in [3.8, 4) is 11.1 Å². The summed E-state index contributed by atoms with van der Waals surface area (Å²) in [5, 5.41) is 9.03. The molecule has 3 N–H and O–H groups in total. The summed E-state index contributed by atoms with van der Waals surface area (Å²) in [5.74, 6) is -2.37. The number of amides is 2. The number of carboxylic acid groups (broad SMARTS) is 1. The smallest absolute Gasteiger partial charge is 0.354 e. The first-order valence-electron chi connectivity index (χ1n) is 12.5. The highest BCUT2D eigenvalue weighted by Gasteiger charge is 2.39. The first-order chi connectivity index (χ1) is 17.9. The number of carboxylic acids is 1.